The lowest BCUT2D eigenvalue weighted by Gasteiger charge is -2.14. The largest absolute Gasteiger partial charge is 0.493 e. The number of benzene rings is 2. The van der Waals surface area contributed by atoms with Crippen molar-refractivity contribution in [3.05, 3.63) is 53.6 Å². The average Bonchev–Trinajstić information content (AvgIpc) is 2.82. The molecule has 0 aliphatic carbocycles. The number of carbonyl (C=O) groups excluding carboxylic acids is 2. The average molecular weight is 460 g/mol. The molecule has 9 heteroatoms. The van der Waals surface area contributed by atoms with Gasteiger partial charge in [-0.1, -0.05) is 38.3 Å². The van der Waals surface area contributed by atoms with Crippen molar-refractivity contribution in [2.45, 2.75) is 32.6 Å². The number of thiocarbonyl (C=S) groups is 1. The molecule has 0 bridgehead atoms. The SMILES string of the molecule is CCCCCCOc1ccccc1C(=O)NC(=S)NNC(=O)c1ccc(OC)c(OC)c1. The zero-order valence-corrected chi connectivity index (χ0v) is 19.3. The van der Waals surface area contributed by atoms with E-state index in [4.69, 9.17) is 26.4 Å². The Hall–Kier alpha value is -3.33. The van der Waals surface area contributed by atoms with E-state index in [9.17, 15) is 9.59 Å². The van der Waals surface area contributed by atoms with Gasteiger partial charge >= 0.3 is 0 Å². The number of unbranched alkanes of at least 4 members (excludes halogenated alkanes) is 3. The number of methoxy groups -OCH3 is 2. The van der Waals surface area contributed by atoms with E-state index < -0.39 is 11.8 Å². The molecule has 8 nitrogen and oxygen atoms in total. The van der Waals surface area contributed by atoms with Crippen molar-refractivity contribution in [3.8, 4) is 17.2 Å². The second-order valence-corrected chi connectivity index (χ2v) is 7.25. The third-order valence-electron chi connectivity index (χ3n) is 4.55. The summed E-state index contributed by atoms with van der Waals surface area (Å²) in [4.78, 5) is 25.0. The number of hydrazine groups is 1. The Bertz CT molecular complexity index is 936. The Kier molecular flexibility index (Phi) is 10.3. The quantitative estimate of drug-likeness (QED) is 0.284. The molecule has 0 unspecified atom stereocenters. The summed E-state index contributed by atoms with van der Waals surface area (Å²) < 4.78 is 16.1. The topological polar surface area (TPSA) is 97.9 Å². The van der Waals surface area contributed by atoms with E-state index in [1.807, 2.05) is 0 Å². The van der Waals surface area contributed by atoms with E-state index in [-0.39, 0.29) is 5.11 Å². The summed E-state index contributed by atoms with van der Waals surface area (Å²) in [7, 11) is 2.99. The molecule has 0 heterocycles. The van der Waals surface area contributed by atoms with Crippen LogP contribution in [0.5, 0.6) is 17.2 Å². The standard InChI is InChI=1S/C23H29N3O5S/c1-4-5-6-9-14-31-18-11-8-7-10-17(18)22(28)24-23(32)26-25-21(27)16-12-13-19(29-2)20(15-16)30-3/h7-8,10-13,15H,4-6,9,14H2,1-3H3,(H,25,27)(H2,24,26,28,32). The van der Waals surface area contributed by atoms with Crippen LogP contribution in [0.2, 0.25) is 0 Å². The lowest BCUT2D eigenvalue weighted by molar-refractivity contribution is 0.0933. The zero-order chi connectivity index (χ0) is 23.3. The van der Waals surface area contributed by atoms with Crippen molar-refractivity contribution in [2.75, 3.05) is 20.8 Å². The maximum Gasteiger partial charge on any atom is 0.269 e. The Morgan fingerprint density at radius 1 is 0.875 bits per heavy atom. The van der Waals surface area contributed by atoms with E-state index in [1.165, 1.54) is 20.3 Å². The summed E-state index contributed by atoms with van der Waals surface area (Å²) in [5.74, 6) is 0.512. The molecule has 172 valence electrons. The molecule has 0 spiro atoms. The van der Waals surface area contributed by atoms with Gasteiger partial charge in [0.05, 0.1) is 26.4 Å². The Morgan fingerprint density at radius 3 is 2.34 bits per heavy atom. The van der Waals surface area contributed by atoms with Crippen LogP contribution in [0, 0.1) is 0 Å². The van der Waals surface area contributed by atoms with Crippen LogP contribution in [0.3, 0.4) is 0 Å². The fourth-order valence-electron chi connectivity index (χ4n) is 2.86. The number of hydrogen-bond donors (Lipinski definition) is 3. The van der Waals surface area contributed by atoms with Gasteiger partial charge in [0.25, 0.3) is 11.8 Å². The molecule has 2 amide bonds. The van der Waals surface area contributed by atoms with E-state index in [1.54, 1.807) is 36.4 Å². The van der Waals surface area contributed by atoms with Gasteiger partial charge in [-0.25, -0.2) is 0 Å². The van der Waals surface area contributed by atoms with Crippen molar-refractivity contribution < 1.29 is 23.8 Å². The molecule has 32 heavy (non-hydrogen) atoms. The number of ether oxygens (including phenoxy) is 3. The van der Waals surface area contributed by atoms with Gasteiger partial charge in [0.15, 0.2) is 16.6 Å². The van der Waals surface area contributed by atoms with Crippen LogP contribution in [0.25, 0.3) is 0 Å². The van der Waals surface area contributed by atoms with Crippen LogP contribution in [0.4, 0.5) is 0 Å². The highest BCUT2D eigenvalue weighted by Gasteiger charge is 2.15. The molecule has 0 fully saturated rings. The molecule has 0 aliphatic heterocycles. The van der Waals surface area contributed by atoms with Crippen molar-refractivity contribution in [1.82, 2.24) is 16.2 Å². The molecular weight excluding hydrogens is 430 g/mol. The van der Waals surface area contributed by atoms with Crippen molar-refractivity contribution >= 4 is 29.1 Å². The van der Waals surface area contributed by atoms with Gasteiger partial charge in [0, 0.05) is 5.56 Å². The molecule has 2 aromatic carbocycles. The molecule has 0 saturated heterocycles. The second kappa shape index (κ2) is 13.2. The summed E-state index contributed by atoms with van der Waals surface area (Å²) in [6.45, 7) is 2.68. The number of amides is 2. The second-order valence-electron chi connectivity index (χ2n) is 6.84. The first-order chi connectivity index (χ1) is 15.5. The number of para-hydroxylation sites is 1. The number of rotatable bonds is 10. The van der Waals surface area contributed by atoms with Crippen LogP contribution in [-0.4, -0.2) is 37.8 Å². The Balaban J connectivity index is 1.89. The van der Waals surface area contributed by atoms with E-state index in [2.05, 4.69) is 23.1 Å². The van der Waals surface area contributed by atoms with Crippen LogP contribution in [-0.2, 0) is 0 Å². The van der Waals surface area contributed by atoms with Crippen molar-refractivity contribution in [1.29, 1.82) is 0 Å². The van der Waals surface area contributed by atoms with E-state index >= 15 is 0 Å². The summed E-state index contributed by atoms with van der Waals surface area (Å²) in [6, 6.07) is 11.7. The van der Waals surface area contributed by atoms with Gasteiger partial charge in [-0.3, -0.25) is 25.8 Å². The summed E-state index contributed by atoms with van der Waals surface area (Å²) in [6.07, 6.45) is 4.30. The molecule has 0 aromatic heterocycles. The fourth-order valence-corrected chi connectivity index (χ4v) is 3.00. The highest BCUT2D eigenvalue weighted by molar-refractivity contribution is 7.80. The highest BCUT2D eigenvalue weighted by atomic mass is 32.1. The van der Waals surface area contributed by atoms with Crippen LogP contribution in [0.1, 0.15) is 53.3 Å². The number of nitrogens with one attached hydrogen (secondary N) is 3. The minimum absolute atomic E-state index is 0.0541. The molecular formula is C23H29N3O5S. The molecule has 2 aromatic rings. The Labute approximate surface area is 193 Å². The molecule has 0 radical (unpaired) electrons. The minimum atomic E-state index is -0.460. The molecule has 0 aliphatic rings. The maximum atomic E-state index is 12.6. The first-order valence-electron chi connectivity index (χ1n) is 10.4. The minimum Gasteiger partial charge on any atom is -0.493 e. The lowest BCUT2D eigenvalue weighted by Crippen LogP contribution is -2.48. The third-order valence-corrected chi connectivity index (χ3v) is 4.75. The van der Waals surface area contributed by atoms with E-state index in [0.717, 1.165) is 25.7 Å². The smallest absolute Gasteiger partial charge is 0.269 e. The summed E-state index contributed by atoms with van der Waals surface area (Å²) in [5, 5.41) is 2.48. The predicted molar refractivity (Wildman–Crippen MR) is 126 cm³/mol. The van der Waals surface area contributed by atoms with Gasteiger partial charge in [-0.15, -0.1) is 0 Å². The van der Waals surface area contributed by atoms with Gasteiger partial charge in [-0.2, -0.15) is 0 Å². The van der Waals surface area contributed by atoms with Gasteiger partial charge < -0.3 is 14.2 Å². The van der Waals surface area contributed by atoms with Crippen LogP contribution in [0.15, 0.2) is 42.5 Å². The molecule has 0 saturated carbocycles. The highest BCUT2D eigenvalue weighted by Crippen LogP contribution is 2.27. The van der Waals surface area contributed by atoms with Gasteiger partial charge in [0.2, 0.25) is 0 Å². The first kappa shape index (κ1) is 24.9. The normalized spacial score (nSPS) is 10.1. The molecule has 0 atom stereocenters. The van der Waals surface area contributed by atoms with Crippen molar-refractivity contribution in [2.24, 2.45) is 0 Å². The third kappa shape index (κ3) is 7.42. The summed E-state index contributed by atoms with van der Waals surface area (Å²) >= 11 is 5.12. The maximum absolute atomic E-state index is 12.6. The number of hydrogen-bond acceptors (Lipinski definition) is 6. The van der Waals surface area contributed by atoms with Crippen molar-refractivity contribution in [3.63, 3.8) is 0 Å². The fraction of sp³-hybridized carbons (Fsp3) is 0.348. The first-order valence-corrected chi connectivity index (χ1v) is 10.8. The number of carbonyl (C=O) groups is 2. The molecule has 2 rings (SSSR count). The van der Waals surface area contributed by atoms with Crippen LogP contribution >= 0.6 is 12.2 Å². The molecule has 3 N–H and O–H groups in total. The zero-order valence-electron chi connectivity index (χ0n) is 18.5. The van der Waals surface area contributed by atoms with Gasteiger partial charge in [-0.05, 0) is 49.0 Å². The van der Waals surface area contributed by atoms with Crippen LogP contribution < -0.4 is 30.4 Å². The Morgan fingerprint density at radius 2 is 1.62 bits per heavy atom. The predicted octanol–water partition coefficient (Wildman–Crippen LogP) is 3.61. The monoisotopic (exact) mass is 459 g/mol. The van der Waals surface area contributed by atoms with Gasteiger partial charge in [0.1, 0.15) is 5.75 Å². The lowest BCUT2D eigenvalue weighted by atomic mass is 10.2. The summed E-state index contributed by atoms with van der Waals surface area (Å²) in [5.41, 5.74) is 5.65. The van der Waals surface area contributed by atoms with E-state index in [0.29, 0.717) is 35.0 Å².